The molecule has 18 heavy (non-hydrogen) atoms. The molecular formula is C14H21NO3. The fraction of sp³-hybridized carbons (Fsp3) is 0.500. The Morgan fingerprint density at radius 1 is 1.39 bits per heavy atom. The molecule has 0 spiro atoms. The summed E-state index contributed by atoms with van der Waals surface area (Å²) in [6.45, 7) is 6.45. The molecule has 1 unspecified atom stereocenters. The van der Waals surface area contributed by atoms with Gasteiger partial charge >= 0.3 is 0 Å². The number of benzene rings is 1. The first-order valence-corrected chi connectivity index (χ1v) is 6.24. The van der Waals surface area contributed by atoms with Crippen LogP contribution in [-0.2, 0) is 0 Å². The Labute approximate surface area is 108 Å². The second-order valence-electron chi connectivity index (χ2n) is 4.45. The summed E-state index contributed by atoms with van der Waals surface area (Å²) in [5.74, 6) is 0.461. The van der Waals surface area contributed by atoms with Crippen molar-refractivity contribution in [2.45, 2.75) is 26.9 Å². The highest BCUT2D eigenvalue weighted by atomic mass is 16.5. The van der Waals surface area contributed by atoms with Crippen molar-refractivity contribution in [3.05, 3.63) is 29.8 Å². The van der Waals surface area contributed by atoms with Gasteiger partial charge in [0.25, 0.3) is 5.91 Å². The smallest absolute Gasteiger partial charge is 0.255 e. The number of hydrogen-bond acceptors (Lipinski definition) is 3. The molecule has 0 aliphatic carbocycles. The molecule has 0 radical (unpaired) electrons. The largest absolute Gasteiger partial charge is 0.493 e. The van der Waals surface area contributed by atoms with Gasteiger partial charge in [0.2, 0.25) is 0 Å². The number of aliphatic hydroxyl groups excluding tert-OH is 1. The highest BCUT2D eigenvalue weighted by Crippen LogP contribution is 2.17. The highest BCUT2D eigenvalue weighted by Gasteiger charge is 2.14. The molecule has 0 aliphatic heterocycles. The zero-order valence-corrected chi connectivity index (χ0v) is 11.1. The number of amides is 1. The van der Waals surface area contributed by atoms with Gasteiger partial charge in [0.1, 0.15) is 5.75 Å². The Morgan fingerprint density at radius 3 is 2.67 bits per heavy atom. The molecule has 0 heterocycles. The maximum Gasteiger partial charge on any atom is 0.255 e. The first kappa shape index (κ1) is 14.5. The van der Waals surface area contributed by atoms with Crippen LogP contribution in [0.4, 0.5) is 0 Å². The van der Waals surface area contributed by atoms with E-state index in [1.807, 2.05) is 26.8 Å². The lowest BCUT2D eigenvalue weighted by molar-refractivity contribution is 0.0868. The third kappa shape index (κ3) is 4.04. The van der Waals surface area contributed by atoms with Crippen LogP contribution in [0.2, 0.25) is 0 Å². The van der Waals surface area contributed by atoms with Gasteiger partial charge in [-0.2, -0.15) is 0 Å². The van der Waals surface area contributed by atoms with E-state index in [-0.39, 0.29) is 18.4 Å². The number of hydrogen-bond donors (Lipinski definition) is 2. The van der Waals surface area contributed by atoms with Crippen LogP contribution in [0.25, 0.3) is 0 Å². The summed E-state index contributed by atoms with van der Waals surface area (Å²) in [7, 11) is 0. The number of aliphatic hydroxyl groups is 1. The minimum atomic E-state index is -0.534. The molecule has 4 heteroatoms. The number of ether oxygens (including phenoxy) is 1. The second kappa shape index (κ2) is 7.01. The second-order valence-corrected chi connectivity index (χ2v) is 4.45. The molecule has 1 aromatic rings. The molecule has 0 bridgehead atoms. The van der Waals surface area contributed by atoms with E-state index >= 15 is 0 Å². The van der Waals surface area contributed by atoms with Gasteiger partial charge in [0.15, 0.2) is 0 Å². The average molecular weight is 251 g/mol. The van der Waals surface area contributed by atoms with Crippen LogP contribution in [0.3, 0.4) is 0 Å². The van der Waals surface area contributed by atoms with Crippen molar-refractivity contribution < 1.29 is 14.6 Å². The van der Waals surface area contributed by atoms with E-state index in [4.69, 9.17) is 4.74 Å². The van der Waals surface area contributed by atoms with Crippen molar-refractivity contribution in [1.29, 1.82) is 0 Å². The van der Waals surface area contributed by atoms with Crippen molar-refractivity contribution >= 4 is 5.91 Å². The van der Waals surface area contributed by atoms with Gasteiger partial charge in [-0.25, -0.2) is 0 Å². The zero-order valence-electron chi connectivity index (χ0n) is 11.1. The Kier molecular flexibility index (Phi) is 5.65. The summed E-state index contributed by atoms with van der Waals surface area (Å²) in [5.41, 5.74) is 0.496. The minimum absolute atomic E-state index is 0.118. The average Bonchev–Trinajstić information content (AvgIpc) is 2.36. The number of nitrogens with one attached hydrogen (secondary N) is 1. The third-order valence-electron chi connectivity index (χ3n) is 2.67. The van der Waals surface area contributed by atoms with Crippen LogP contribution >= 0.6 is 0 Å². The molecule has 1 atom stereocenters. The molecule has 1 amide bonds. The summed E-state index contributed by atoms with van der Waals surface area (Å²) in [5, 5.41) is 12.4. The summed E-state index contributed by atoms with van der Waals surface area (Å²) >= 11 is 0. The number of para-hydroxylation sites is 1. The maximum atomic E-state index is 12.0. The van der Waals surface area contributed by atoms with Crippen molar-refractivity contribution in [3.63, 3.8) is 0 Å². The fourth-order valence-corrected chi connectivity index (χ4v) is 1.46. The third-order valence-corrected chi connectivity index (χ3v) is 2.67. The van der Waals surface area contributed by atoms with Gasteiger partial charge in [-0.05, 0) is 25.0 Å². The molecule has 100 valence electrons. The summed E-state index contributed by atoms with van der Waals surface area (Å²) in [6.07, 6.45) is -0.534. The van der Waals surface area contributed by atoms with Gasteiger partial charge in [-0.1, -0.05) is 26.0 Å². The van der Waals surface area contributed by atoms with Gasteiger partial charge < -0.3 is 15.2 Å². The molecule has 0 aliphatic rings. The van der Waals surface area contributed by atoms with Gasteiger partial charge in [-0.15, -0.1) is 0 Å². The normalized spacial score (nSPS) is 12.3. The van der Waals surface area contributed by atoms with Crippen LogP contribution in [0.1, 0.15) is 31.1 Å². The molecule has 2 N–H and O–H groups in total. The van der Waals surface area contributed by atoms with E-state index < -0.39 is 6.10 Å². The predicted octanol–water partition coefficient (Wildman–Crippen LogP) is 1.83. The topological polar surface area (TPSA) is 58.6 Å². The molecule has 1 rings (SSSR count). The van der Waals surface area contributed by atoms with Gasteiger partial charge in [0, 0.05) is 6.54 Å². The Hall–Kier alpha value is -1.55. The van der Waals surface area contributed by atoms with Crippen molar-refractivity contribution in [2.24, 2.45) is 5.92 Å². The molecule has 0 aromatic heterocycles. The van der Waals surface area contributed by atoms with Crippen LogP contribution in [0.15, 0.2) is 24.3 Å². The van der Waals surface area contributed by atoms with E-state index in [2.05, 4.69) is 5.32 Å². The quantitative estimate of drug-likeness (QED) is 0.811. The lowest BCUT2D eigenvalue weighted by Crippen LogP contribution is -2.34. The van der Waals surface area contributed by atoms with E-state index in [9.17, 15) is 9.90 Å². The van der Waals surface area contributed by atoms with Gasteiger partial charge in [0.05, 0.1) is 18.3 Å². The molecule has 0 saturated carbocycles. The SMILES string of the molecule is CCOc1ccccc1C(=O)NCC(O)C(C)C. The van der Waals surface area contributed by atoms with E-state index in [0.29, 0.717) is 17.9 Å². The lowest BCUT2D eigenvalue weighted by Gasteiger charge is -2.16. The number of rotatable bonds is 6. The first-order valence-electron chi connectivity index (χ1n) is 6.24. The number of carbonyl (C=O) groups excluding carboxylic acids is 1. The summed E-state index contributed by atoms with van der Waals surface area (Å²) in [6, 6.07) is 7.08. The Balaban J connectivity index is 2.66. The van der Waals surface area contributed by atoms with Crippen molar-refractivity contribution in [2.75, 3.05) is 13.2 Å². The predicted molar refractivity (Wildman–Crippen MR) is 70.8 cm³/mol. The Morgan fingerprint density at radius 2 is 2.06 bits per heavy atom. The lowest BCUT2D eigenvalue weighted by atomic mass is 10.1. The van der Waals surface area contributed by atoms with E-state index in [0.717, 1.165) is 0 Å². The molecule has 4 nitrogen and oxygen atoms in total. The minimum Gasteiger partial charge on any atom is -0.493 e. The monoisotopic (exact) mass is 251 g/mol. The zero-order chi connectivity index (χ0) is 13.5. The summed E-state index contributed by atoms with van der Waals surface area (Å²) in [4.78, 5) is 12.0. The van der Waals surface area contributed by atoms with Gasteiger partial charge in [-0.3, -0.25) is 4.79 Å². The Bertz CT molecular complexity index is 390. The molecule has 0 fully saturated rings. The molecular weight excluding hydrogens is 230 g/mol. The summed E-state index contributed by atoms with van der Waals surface area (Å²) < 4.78 is 5.39. The first-order chi connectivity index (χ1) is 8.56. The van der Waals surface area contributed by atoms with Crippen LogP contribution in [0, 0.1) is 5.92 Å². The van der Waals surface area contributed by atoms with Crippen LogP contribution in [-0.4, -0.2) is 30.3 Å². The van der Waals surface area contributed by atoms with E-state index in [1.165, 1.54) is 0 Å². The van der Waals surface area contributed by atoms with Crippen LogP contribution in [0.5, 0.6) is 5.75 Å². The highest BCUT2D eigenvalue weighted by molar-refractivity contribution is 5.96. The maximum absolute atomic E-state index is 12.0. The van der Waals surface area contributed by atoms with Crippen molar-refractivity contribution in [3.8, 4) is 5.75 Å². The number of carbonyl (C=O) groups is 1. The van der Waals surface area contributed by atoms with Crippen molar-refractivity contribution in [1.82, 2.24) is 5.32 Å². The standard InChI is InChI=1S/C14H21NO3/c1-4-18-13-8-6-5-7-11(13)14(17)15-9-12(16)10(2)3/h5-8,10,12,16H,4,9H2,1-3H3,(H,15,17). The van der Waals surface area contributed by atoms with Crippen LogP contribution < -0.4 is 10.1 Å². The fourth-order valence-electron chi connectivity index (χ4n) is 1.46. The molecule has 0 saturated heterocycles. The van der Waals surface area contributed by atoms with E-state index in [1.54, 1.807) is 18.2 Å². The molecule has 1 aromatic carbocycles.